The average Bonchev–Trinajstić information content (AvgIpc) is 3.24. The first-order chi connectivity index (χ1) is 13.7. The standard InChI is InChI=1S/C24H25NO2S/c1-3-27-24(26)21-11-9-19(10-12-21)15-23(22-13-14-28-18-22)17-25(2)16-20-7-5-4-6-8-20/h4-15,18H,3,16-17H2,1-2H3/b23-15-. The number of likely N-dealkylation sites (N-methyl/N-ethyl adjacent to an activating group) is 1. The van der Waals surface area contributed by atoms with Crippen LogP contribution < -0.4 is 0 Å². The zero-order valence-corrected chi connectivity index (χ0v) is 17.1. The van der Waals surface area contributed by atoms with Gasteiger partial charge in [-0.15, -0.1) is 0 Å². The largest absolute Gasteiger partial charge is 0.462 e. The molecule has 0 spiro atoms. The first-order valence-corrected chi connectivity index (χ1v) is 10.3. The highest BCUT2D eigenvalue weighted by atomic mass is 32.1. The predicted molar refractivity (Wildman–Crippen MR) is 117 cm³/mol. The van der Waals surface area contributed by atoms with Crippen LogP contribution in [0.25, 0.3) is 11.6 Å². The minimum absolute atomic E-state index is 0.279. The van der Waals surface area contributed by atoms with Crippen molar-refractivity contribution in [1.29, 1.82) is 0 Å². The first-order valence-electron chi connectivity index (χ1n) is 9.38. The van der Waals surface area contributed by atoms with Gasteiger partial charge in [-0.2, -0.15) is 11.3 Å². The lowest BCUT2D eigenvalue weighted by Crippen LogP contribution is -2.20. The maximum atomic E-state index is 11.8. The van der Waals surface area contributed by atoms with Crippen molar-refractivity contribution in [2.45, 2.75) is 13.5 Å². The van der Waals surface area contributed by atoms with E-state index in [1.54, 1.807) is 11.3 Å². The smallest absolute Gasteiger partial charge is 0.338 e. The van der Waals surface area contributed by atoms with Crippen LogP contribution in [-0.2, 0) is 11.3 Å². The van der Waals surface area contributed by atoms with Crippen LogP contribution in [0.15, 0.2) is 71.4 Å². The van der Waals surface area contributed by atoms with E-state index < -0.39 is 0 Å². The van der Waals surface area contributed by atoms with Gasteiger partial charge in [0.05, 0.1) is 12.2 Å². The van der Waals surface area contributed by atoms with Crippen molar-refractivity contribution in [2.75, 3.05) is 20.2 Å². The number of esters is 1. The SMILES string of the molecule is CCOC(=O)c1ccc(/C=C(/CN(C)Cc2ccccc2)c2ccsc2)cc1. The molecule has 2 aromatic carbocycles. The molecule has 0 saturated heterocycles. The van der Waals surface area contributed by atoms with Crippen molar-refractivity contribution in [2.24, 2.45) is 0 Å². The quantitative estimate of drug-likeness (QED) is 0.468. The molecule has 0 radical (unpaired) electrons. The summed E-state index contributed by atoms with van der Waals surface area (Å²) in [5.41, 5.74) is 5.44. The van der Waals surface area contributed by atoms with Gasteiger partial charge in [-0.1, -0.05) is 42.5 Å². The number of nitrogens with zero attached hydrogens (tertiary/aromatic N) is 1. The Labute approximate surface area is 170 Å². The van der Waals surface area contributed by atoms with Gasteiger partial charge in [-0.3, -0.25) is 4.90 Å². The number of ether oxygens (including phenoxy) is 1. The van der Waals surface area contributed by atoms with Gasteiger partial charge in [0.15, 0.2) is 0 Å². The van der Waals surface area contributed by atoms with Gasteiger partial charge in [0.25, 0.3) is 0 Å². The zero-order chi connectivity index (χ0) is 19.8. The van der Waals surface area contributed by atoms with Crippen LogP contribution in [0, 0.1) is 0 Å². The number of hydrogen-bond donors (Lipinski definition) is 0. The maximum absolute atomic E-state index is 11.8. The zero-order valence-electron chi connectivity index (χ0n) is 16.3. The van der Waals surface area contributed by atoms with Gasteiger partial charge in [0.2, 0.25) is 0 Å². The summed E-state index contributed by atoms with van der Waals surface area (Å²) in [7, 11) is 2.14. The Bertz CT molecular complexity index is 900. The molecule has 3 aromatic rings. The summed E-state index contributed by atoms with van der Waals surface area (Å²) in [6.07, 6.45) is 2.19. The van der Waals surface area contributed by atoms with Gasteiger partial charge in [0, 0.05) is 13.1 Å². The molecule has 3 nitrogen and oxygen atoms in total. The lowest BCUT2D eigenvalue weighted by atomic mass is 10.0. The molecule has 1 aromatic heterocycles. The molecule has 0 saturated carbocycles. The van der Waals surface area contributed by atoms with Crippen LogP contribution in [0.4, 0.5) is 0 Å². The van der Waals surface area contributed by atoms with E-state index in [9.17, 15) is 4.79 Å². The van der Waals surface area contributed by atoms with Crippen molar-refractivity contribution in [3.63, 3.8) is 0 Å². The average molecular weight is 392 g/mol. The second kappa shape index (κ2) is 10.0. The Hall–Kier alpha value is -2.69. The normalized spacial score (nSPS) is 11.6. The van der Waals surface area contributed by atoms with E-state index in [-0.39, 0.29) is 5.97 Å². The fourth-order valence-corrected chi connectivity index (χ4v) is 3.72. The van der Waals surface area contributed by atoms with Crippen LogP contribution in [0.1, 0.15) is 34.0 Å². The fourth-order valence-electron chi connectivity index (χ4n) is 3.04. The van der Waals surface area contributed by atoms with Crippen molar-refractivity contribution in [3.05, 3.63) is 93.7 Å². The lowest BCUT2D eigenvalue weighted by molar-refractivity contribution is 0.0526. The topological polar surface area (TPSA) is 29.5 Å². The van der Waals surface area contributed by atoms with Crippen LogP contribution in [0.2, 0.25) is 0 Å². The van der Waals surface area contributed by atoms with E-state index in [1.807, 2.05) is 37.3 Å². The molecule has 1 heterocycles. The van der Waals surface area contributed by atoms with E-state index >= 15 is 0 Å². The molecule has 144 valence electrons. The molecular weight excluding hydrogens is 366 g/mol. The minimum atomic E-state index is -0.279. The Morgan fingerprint density at radius 1 is 1.04 bits per heavy atom. The second-order valence-electron chi connectivity index (χ2n) is 6.68. The molecular formula is C24H25NO2S. The number of rotatable bonds is 8. The number of carbonyl (C=O) groups is 1. The molecule has 0 fully saturated rings. The van der Waals surface area contributed by atoms with E-state index in [0.29, 0.717) is 12.2 Å². The fraction of sp³-hybridized carbons (Fsp3) is 0.208. The van der Waals surface area contributed by atoms with Crippen LogP contribution in [-0.4, -0.2) is 31.1 Å². The molecule has 0 unspecified atom stereocenters. The third-order valence-corrected chi connectivity index (χ3v) is 5.07. The molecule has 0 aliphatic heterocycles. The summed E-state index contributed by atoms with van der Waals surface area (Å²) in [5.74, 6) is -0.279. The molecule has 0 aliphatic carbocycles. The van der Waals surface area contributed by atoms with Gasteiger partial charge in [0.1, 0.15) is 0 Å². The monoisotopic (exact) mass is 391 g/mol. The highest BCUT2D eigenvalue weighted by Gasteiger charge is 2.09. The highest BCUT2D eigenvalue weighted by molar-refractivity contribution is 7.08. The number of thiophene rings is 1. The molecule has 0 bridgehead atoms. The molecule has 3 rings (SSSR count). The third-order valence-electron chi connectivity index (χ3n) is 4.39. The van der Waals surface area contributed by atoms with Gasteiger partial charge in [-0.05, 0) is 71.3 Å². The van der Waals surface area contributed by atoms with Crippen LogP contribution in [0.5, 0.6) is 0 Å². The molecule has 0 atom stereocenters. The van der Waals surface area contributed by atoms with Gasteiger partial charge in [-0.25, -0.2) is 4.79 Å². The first kappa shape index (κ1) is 20.1. The summed E-state index contributed by atoms with van der Waals surface area (Å²) in [5, 5.41) is 4.28. The highest BCUT2D eigenvalue weighted by Crippen LogP contribution is 2.23. The van der Waals surface area contributed by atoms with E-state index in [4.69, 9.17) is 4.74 Å². The van der Waals surface area contributed by atoms with Crippen molar-refractivity contribution in [3.8, 4) is 0 Å². The molecule has 28 heavy (non-hydrogen) atoms. The maximum Gasteiger partial charge on any atom is 0.338 e. The lowest BCUT2D eigenvalue weighted by Gasteiger charge is -2.19. The Balaban J connectivity index is 1.77. The van der Waals surface area contributed by atoms with Crippen LogP contribution in [0.3, 0.4) is 0 Å². The summed E-state index contributed by atoms with van der Waals surface area (Å²) in [4.78, 5) is 14.2. The number of carbonyl (C=O) groups excluding carboxylic acids is 1. The summed E-state index contributed by atoms with van der Waals surface area (Å²) in [6.45, 7) is 3.93. The Morgan fingerprint density at radius 3 is 2.43 bits per heavy atom. The van der Waals surface area contributed by atoms with Crippen molar-refractivity contribution >= 4 is 29.0 Å². The van der Waals surface area contributed by atoms with E-state index in [1.165, 1.54) is 16.7 Å². The van der Waals surface area contributed by atoms with Crippen molar-refractivity contribution < 1.29 is 9.53 Å². The number of hydrogen-bond acceptors (Lipinski definition) is 4. The van der Waals surface area contributed by atoms with E-state index in [0.717, 1.165) is 18.7 Å². The van der Waals surface area contributed by atoms with Gasteiger partial charge >= 0.3 is 5.97 Å². The molecule has 4 heteroatoms. The summed E-state index contributed by atoms with van der Waals surface area (Å²) >= 11 is 1.70. The third kappa shape index (κ3) is 5.65. The Morgan fingerprint density at radius 2 is 1.79 bits per heavy atom. The summed E-state index contributed by atoms with van der Waals surface area (Å²) in [6, 6.07) is 20.2. The molecule has 0 aliphatic rings. The summed E-state index contributed by atoms with van der Waals surface area (Å²) < 4.78 is 5.06. The second-order valence-corrected chi connectivity index (χ2v) is 7.46. The Kier molecular flexibility index (Phi) is 7.18. The number of benzene rings is 2. The van der Waals surface area contributed by atoms with Crippen LogP contribution >= 0.6 is 11.3 Å². The predicted octanol–water partition coefficient (Wildman–Crippen LogP) is 5.60. The minimum Gasteiger partial charge on any atom is -0.462 e. The van der Waals surface area contributed by atoms with E-state index in [2.05, 4.69) is 59.1 Å². The van der Waals surface area contributed by atoms with Crippen molar-refractivity contribution in [1.82, 2.24) is 4.90 Å². The molecule has 0 amide bonds. The molecule has 0 N–H and O–H groups in total. The van der Waals surface area contributed by atoms with Gasteiger partial charge < -0.3 is 4.74 Å².